The van der Waals surface area contributed by atoms with Gasteiger partial charge in [-0.2, -0.15) is 0 Å². The van der Waals surface area contributed by atoms with E-state index in [0.29, 0.717) is 25.7 Å². The molecule has 0 aliphatic heterocycles. The molecule has 0 amide bonds. The van der Waals surface area contributed by atoms with E-state index >= 15 is 0 Å². The molecular weight excluding hydrogens is 1170 g/mol. The molecule has 0 saturated carbocycles. The summed E-state index contributed by atoms with van der Waals surface area (Å²) in [6, 6.07) is 0. The van der Waals surface area contributed by atoms with Gasteiger partial charge in [-0.25, -0.2) is 9.13 Å². The fraction of sp³-hybridized carbons (Fsp3) is 0.943. The quantitative estimate of drug-likeness (QED) is 0.0222. The van der Waals surface area contributed by atoms with Gasteiger partial charge in [0, 0.05) is 25.7 Å². The van der Waals surface area contributed by atoms with Crippen molar-refractivity contribution in [2.45, 2.75) is 380 Å². The highest BCUT2D eigenvalue weighted by atomic mass is 31.2. The van der Waals surface area contributed by atoms with Crippen molar-refractivity contribution < 1.29 is 80.2 Å². The van der Waals surface area contributed by atoms with E-state index in [9.17, 15) is 43.2 Å². The third kappa shape index (κ3) is 64.6. The average molecular weight is 1310 g/mol. The van der Waals surface area contributed by atoms with Crippen LogP contribution in [0.15, 0.2) is 0 Å². The van der Waals surface area contributed by atoms with Crippen molar-refractivity contribution in [2.75, 3.05) is 39.6 Å². The topological polar surface area (TPSA) is 237 Å². The summed E-state index contributed by atoms with van der Waals surface area (Å²) in [5.74, 6) is -1.35. The van der Waals surface area contributed by atoms with Crippen molar-refractivity contribution in [1.29, 1.82) is 0 Å². The van der Waals surface area contributed by atoms with Crippen molar-refractivity contribution in [2.24, 2.45) is 5.92 Å². The minimum Gasteiger partial charge on any atom is -0.462 e. The smallest absolute Gasteiger partial charge is 0.462 e. The lowest BCUT2D eigenvalue weighted by atomic mass is 10.0. The highest BCUT2D eigenvalue weighted by Crippen LogP contribution is 2.45. The first-order valence-electron chi connectivity index (χ1n) is 36.6. The first kappa shape index (κ1) is 87.1. The summed E-state index contributed by atoms with van der Waals surface area (Å²) in [6.45, 7) is 7.18. The van der Waals surface area contributed by atoms with E-state index in [1.54, 1.807) is 0 Å². The maximum Gasteiger partial charge on any atom is 0.472 e. The Morgan fingerprint density at radius 1 is 0.303 bits per heavy atom. The minimum absolute atomic E-state index is 0.107. The van der Waals surface area contributed by atoms with Crippen LogP contribution >= 0.6 is 15.6 Å². The van der Waals surface area contributed by atoms with E-state index in [-0.39, 0.29) is 25.7 Å². The lowest BCUT2D eigenvalue weighted by Gasteiger charge is -2.21. The highest BCUT2D eigenvalue weighted by molar-refractivity contribution is 7.47. The van der Waals surface area contributed by atoms with Gasteiger partial charge in [0.05, 0.1) is 26.4 Å². The van der Waals surface area contributed by atoms with Gasteiger partial charge in [0.2, 0.25) is 0 Å². The Bertz CT molecular complexity index is 1720. The Kier molecular flexibility index (Phi) is 62.1. The summed E-state index contributed by atoms with van der Waals surface area (Å²) in [6.07, 6.45) is 50.3. The maximum atomic E-state index is 13.0. The van der Waals surface area contributed by atoms with E-state index in [1.165, 1.54) is 180 Å². The van der Waals surface area contributed by atoms with Gasteiger partial charge in [-0.05, 0) is 31.6 Å². The molecule has 89 heavy (non-hydrogen) atoms. The maximum absolute atomic E-state index is 13.0. The first-order chi connectivity index (χ1) is 43.0. The van der Waals surface area contributed by atoms with Crippen LogP contribution in [0.4, 0.5) is 0 Å². The van der Waals surface area contributed by atoms with Crippen molar-refractivity contribution in [3.63, 3.8) is 0 Å². The van der Waals surface area contributed by atoms with Crippen LogP contribution in [0, 0.1) is 5.92 Å². The second-order valence-corrected chi connectivity index (χ2v) is 28.7. The molecule has 528 valence electrons. The molecule has 0 bridgehead atoms. The first-order valence-corrected chi connectivity index (χ1v) is 39.6. The second-order valence-electron chi connectivity index (χ2n) is 25.7. The minimum atomic E-state index is -4.95. The number of phosphoric ester groups is 2. The Balaban J connectivity index is 5.16. The Morgan fingerprint density at radius 3 is 0.764 bits per heavy atom. The zero-order chi connectivity index (χ0) is 65.6. The molecule has 0 aromatic heterocycles. The molecule has 0 aliphatic rings. The van der Waals surface area contributed by atoms with Crippen LogP contribution in [-0.4, -0.2) is 96.7 Å². The zero-order valence-electron chi connectivity index (χ0n) is 57.6. The van der Waals surface area contributed by atoms with Crippen molar-refractivity contribution in [3.8, 4) is 0 Å². The SMILES string of the molecule is CCCCCCCCCCCCCCCCCCCC(=O)O[C@H](COC(=O)CCCCCCCCCCCCCCC(C)C)COP(=O)(O)OC[C@@H](O)COP(=O)(O)OC[C@@H](COC(=O)CCCCCCC)OC(=O)CCCCCCCCCCCCCC. The largest absolute Gasteiger partial charge is 0.472 e. The molecular formula is C70H136O17P2. The van der Waals surface area contributed by atoms with Crippen LogP contribution in [0.2, 0.25) is 0 Å². The summed E-state index contributed by atoms with van der Waals surface area (Å²) in [7, 11) is -9.89. The highest BCUT2D eigenvalue weighted by Gasteiger charge is 2.30. The molecule has 0 aromatic rings. The molecule has 0 fully saturated rings. The summed E-state index contributed by atoms with van der Waals surface area (Å²) < 4.78 is 68.1. The lowest BCUT2D eigenvalue weighted by Crippen LogP contribution is -2.30. The van der Waals surface area contributed by atoms with Crippen LogP contribution in [0.3, 0.4) is 0 Å². The Labute approximate surface area is 543 Å². The number of hydrogen-bond donors (Lipinski definition) is 3. The van der Waals surface area contributed by atoms with Crippen LogP contribution < -0.4 is 0 Å². The average Bonchev–Trinajstić information content (AvgIpc) is 3.72. The normalized spacial score (nSPS) is 14.1. The number of unbranched alkanes of at least 4 members (excludes halogenated alkanes) is 42. The zero-order valence-corrected chi connectivity index (χ0v) is 59.4. The van der Waals surface area contributed by atoms with Gasteiger partial charge in [0.1, 0.15) is 19.3 Å². The lowest BCUT2D eigenvalue weighted by molar-refractivity contribution is -0.161. The molecule has 0 spiro atoms. The molecule has 17 nitrogen and oxygen atoms in total. The number of carbonyl (C=O) groups is 4. The number of hydrogen-bond acceptors (Lipinski definition) is 15. The van der Waals surface area contributed by atoms with E-state index in [2.05, 4.69) is 34.6 Å². The molecule has 19 heteroatoms. The van der Waals surface area contributed by atoms with E-state index < -0.39 is 97.5 Å². The van der Waals surface area contributed by atoms with Crippen molar-refractivity contribution in [3.05, 3.63) is 0 Å². The van der Waals surface area contributed by atoms with Gasteiger partial charge in [0.25, 0.3) is 0 Å². The van der Waals surface area contributed by atoms with Crippen LogP contribution in [-0.2, 0) is 65.4 Å². The van der Waals surface area contributed by atoms with Crippen LogP contribution in [0.5, 0.6) is 0 Å². The molecule has 3 N–H and O–H groups in total. The van der Waals surface area contributed by atoms with Crippen LogP contribution in [0.1, 0.15) is 362 Å². The monoisotopic (exact) mass is 1310 g/mol. The number of aliphatic hydroxyl groups excluding tert-OH is 1. The number of esters is 4. The number of rotatable bonds is 70. The molecule has 2 unspecified atom stereocenters. The summed E-state index contributed by atoms with van der Waals surface area (Å²) in [4.78, 5) is 72.3. The van der Waals surface area contributed by atoms with Gasteiger partial charge in [-0.15, -0.1) is 0 Å². The number of phosphoric acid groups is 2. The van der Waals surface area contributed by atoms with Gasteiger partial charge >= 0.3 is 39.5 Å². The van der Waals surface area contributed by atoms with E-state index in [0.717, 1.165) is 102 Å². The molecule has 5 atom stereocenters. The molecule has 0 saturated heterocycles. The predicted octanol–water partition coefficient (Wildman–Crippen LogP) is 20.1. The van der Waals surface area contributed by atoms with Crippen molar-refractivity contribution >= 4 is 39.5 Å². The Morgan fingerprint density at radius 2 is 0.517 bits per heavy atom. The predicted molar refractivity (Wildman–Crippen MR) is 358 cm³/mol. The number of ether oxygens (including phenoxy) is 4. The molecule has 0 rings (SSSR count). The number of aliphatic hydroxyl groups is 1. The third-order valence-corrected chi connectivity index (χ3v) is 18.2. The molecule has 0 radical (unpaired) electrons. The molecule has 0 heterocycles. The van der Waals surface area contributed by atoms with Gasteiger partial charge in [-0.3, -0.25) is 37.3 Å². The standard InChI is InChI=1S/C70H136O17P2/c1-6-9-12-15-17-19-21-23-24-25-26-27-33-37-41-46-51-56-70(75)87-66(60-81-68(73)54-49-44-39-35-32-29-28-30-34-38-43-47-52-63(4)5)62-85-89(78,79)83-58-64(71)57-82-88(76,77)84-61-65(59-80-67(72)53-48-42-14-11-8-3)86-69(74)55-50-45-40-36-31-22-20-18-16-13-10-7-2/h63-66,71H,6-62H2,1-5H3,(H,76,77)(H,78,79)/t64-,65+,66+/m0/s1. The third-order valence-electron chi connectivity index (χ3n) is 16.3. The molecule has 0 aromatic carbocycles. The van der Waals surface area contributed by atoms with Crippen molar-refractivity contribution in [1.82, 2.24) is 0 Å². The Hall–Kier alpha value is -1.94. The molecule has 0 aliphatic carbocycles. The second kappa shape index (κ2) is 63.5. The fourth-order valence-electron chi connectivity index (χ4n) is 10.6. The van der Waals surface area contributed by atoms with E-state index in [4.69, 9.17) is 37.0 Å². The van der Waals surface area contributed by atoms with Gasteiger partial charge < -0.3 is 33.8 Å². The van der Waals surface area contributed by atoms with E-state index in [1.807, 2.05) is 0 Å². The van der Waals surface area contributed by atoms with Crippen LogP contribution in [0.25, 0.3) is 0 Å². The van der Waals surface area contributed by atoms with Gasteiger partial charge in [0.15, 0.2) is 12.2 Å². The fourth-order valence-corrected chi connectivity index (χ4v) is 12.2. The summed E-state index contributed by atoms with van der Waals surface area (Å²) >= 11 is 0. The summed E-state index contributed by atoms with van der Waals surface area (Å²) in [5, 5.41) is 10.6. The number of carbonyl (C=O) groups excluding carboxylic acids is 4. The van der Waals surface area contributed by atoms with Gasteiger partial charge in [-0.1, -0.05) is 311 Å². The summed E-state index contributed by atoms with van der Waals surface area (Å²) in [5.41, 5.74) is 0.